The van der Waals surface area contributed by atoms with Crippen LogP contribution in [0.5, 0.6) is 0 Å². The first-order valence-electron chi connectivity index (χ1n) is 6.05. The molecule has 0 aromatic heterocycles. The van der Waals surface area contributed by atoms with E-state index < -0.39 is 5.97 Å². The maximum Gasteiger partial charge on any atom is 0.337 e. The van der Waals surface area contributed by atoms with E-state index >= 15 is 0 Å². The Kier molecular flexibility index (Phi) is 3.99. The summed E-state index contributed by atoms with van der Waals surface area (Å²) in [6.45, 7) is 3.99. The molecule has 104 valence electrons. The van der Waals surface area contributed by atoms with Crippen molar-refractivity contribution < 1.29 is 9.90 Å². The Labute approximate surface area is 125 Å². The molecule has 0 aliphatic heterocycles. The van der Waals surface area contributed by atoms with Crippen molar-refractivity contribution in [2.24, 2.45) is 0 Å². The van der Waals surface area contributed by atoms with Crippen molar-refractivity contribution in [2.45, 2.75) is 13.8 Å². The highest BCUT2D eigenvalue weighted by atomic mass is 79.9. The van der Waals surface area contributed by atoms with Crippen molar-refractivity contribution in [3.05, 3.63) is 51.5 Å². The van der Waals surface area contributed by atoms with Gasteiger partial charge in [0.2, 0.25) is 0 Å². The number of halogens is 1. The van der Waals surface area contributed by atoms with Crippen LogP contribution in [-0.2, 0) is 0 Å². The molecule has 2 aromatic rings. The lowest BCUT2D eigenvalue weighted by Crippen LogP contribution is -2.04. The number of rotatable bonds is 3. The molecular formula is C15H15BrN2O2. The fraction of sp³-hybridized carbons (Fsp3) is 0.133. The number of nitrogens with one attached hydrogen (secondary N) is 1. The number of aromatic carboxylic acids is 1. The minimum Gasteiger partial charge on any atom is -0.478 e. The van der Waals surface area contributed by atoms with Gasteiger partial charge in [0.1, 0.15) is 0 Å². The van der Waals surface area contributed by atoms with Crippen LogP contribution in [0.25, 0.3) is 0 Å². The van der Waals surface area contributed by atoms with E-state index in [4.69, 9.17) is 10.8 Å². The molecule has 0 amide bonds. The van der Waals surface area contributed by atoms with Crippen LogP contribution in [0.15, 0.2) is 34.8 Å². The Morgan fingerprint density at radius 3 is 2.35 bits per heavy atom. The number of aryl methyl sites for hydroxylation is 2. The maximum absolute atomic E-state index is 11.1. The Morgan fingerprint density at radius 1 is 1.20 bits per heavy atom. The summed E-state index contributed by atoms with van der Waals surface area (Å²) < 4.78 is 1.02. The van der Waals surface area contributed by atoms with Gasteiger partial charge in [-0.2, -0.15) is 0 Å². The minimum atomic E-state index is -1.03. The second-order valence-electron chi connectivity index (χ2n) is 4.65. The third-order valence-electron chi connectivity index (χ3n) is 3.05. The highest BCUT2D eigenvalue weighted by Crippen LogP contribution is 2.29. The molecule has 5 heteroatoms. The number of hydrogen-bond acceptors (Lipinski definition) is 3. The zero-order valence-corrected chi connectivity index (χ0v) is 12.8. The molecule has 4 N–H and O–H groups in total. The lowest BCUT2D eigenvalue weighted by molar-refractivity contribution is 0.0698. The Morgan fingerprint density at radius 2 is 1.80 bits per heavy atom. The second-order valence-corrected chi connectivity index (χ2v) is 5.56. The lowest BCUT2D eigenvalue weighted by atomic mass is 10.1. The molecule has 0 bridgehead atoms. The quantitative estimate of drug-likeness (QED) is 0.739. The van der Waals surface area contributed by atoms with Gasteiger partial charge in [0.25, 0.3) is 0 Å². The molecule has 0 unspecified atom stereocenters. The van der Waals surface area contributed by atoms with Gasteiger partial charge >= 0.3 is 5.97 Å². The van der Waals surface area contributed by atoms with Gasteiger partial charge in [-0.3, -0.25) is 0 Å². The van der Waals surface area contributed by atoms with Gasteiger partial charge in [0.15, 0.2) is 0 Å². The maximum atomic E-state index is 11.1. The normalized spacial score (nSPS) is 10.3. The number of carbonyl (C=O) groups is 1. The molecule has 0 aliphatic rings. The monoisotopic (exact) mass is 334 g/mol. The standard InChI is InChI=1S/C15H15BrN2O2/c1-8-5-10(16)6-9(2)14(8)18-11-3-4-13(17)12(7-11)15(19)20/h3-7,18H,17H2,1-2H3,(H,19,20). The summed E-state index contributed by atoms with van der Waals surface area (Å²) in [6.07, 6.45) is 0. The van der Waals surface area contributed by atoms with Gasteiger partial charge in [-0.25, -0.2) is 4.79 Å². The average Bonchev–Trinajstić information content (AvgIpc) is 2.35. The van der Waals surface area contributed by atoms with Crippen LogP contribution in [0.2, 0.25) is 0 Å². The molecule has 2 aromatic carbocycles. The summed E-state index contributed by atoms with van der Waals surface area (Å²) in [7, 11) is 0. The molecule has 0 radical (unpaired) electrons. The smallest absolute Gasteiger partial charge is 0.337 e. The largest absolute Gasteiger partial charge is 0.478 e. The third-order valence-corrected chi connectivity index (χ3v) is 3.51. The number of benzene rings is 2. The predicted molar refractivity (Wildman–Crippen MR) is 84.7 cm³/mol. The highest BCUT2D eigenvalue weighted by Gasteiger charge is 2.10. The van der Waals surface area contributed by atoms with Gasteiger partial charge in [-0.15, -0.1) is 0 Å². The number of carboxylic acid groups (broad SMARTS) is 1. The van der Waals surface area contributed by atoms with Gasteiger partial charge in [0, 0.05) is 21.5 Å². The van der Waals surface area contributed by atoms with Gasteiger partial charge in [-0.05, 0) is 55.3 Å². The number of nitrogens with two attached hydrogens (primary N) is 1. The Balaban J connectivity index is 2.41. The first-order valence-corrected chi connectivity index (χ1v) is 6.84. The van der Waals surface area contributed by atoms with Crippen LogP contribution >= 0.6 is 15.9 Å². The minimum absolute atomic E-state index is 0.0995. The Bertz CT molecular complexity index is 661. The first kappa shape index (κ1) is 14.4. The van der Waals surface area contributed by atoms with E-state index in [9.17, 15) is 4.79 Å². The molecule has 0 heterocycles. The van der Waals surface area contributed by atoms with Crippen LogP contribution in [0, 0.1) is 13.8 Å². The Hall–Kier alpha value is -2.01. The fourth-order valence-electron chi connectivity index (χ4n) is 2.07. The molecule has 0 spiro atoms. The number of nitrogen functional groups attached to an aromatic ring is 1. The third kappa shape index (κ3) is 2.93. The van der Waals surface area contributed by atoms with Crippen molar-refractivity contribution >= 4 is 39.0 Å². The zero-order valence-electron chi connectivity index (χ0n) is 11.2. The van der Waals surface area contributed by atoms with E-state index in [0.717, 1.165) is 21.3 Å². The van der Waals surface area contributed by atoms with E-state index in [1.807, 2.05) is 26.0 Å². The topological polar surface area (TPSA) is 75.3 Å². The fourth-order valence-corrected chi connectivity index (χ4v) is 2.76. The summed E-state index contributed by atoms with van der Waals surface area (Å²) in [5, 5.41) is 12.3. The van der Waals surface area contributed by atoms with Gasteiger partial charge < -0.3 is 16.2 Å². The summed E-state index contributed by atoms with van der Waals surface area (Å²) in [4.78, 5) is 11.1. The SMILES string of the molecule is Cc1cc(Br)cc(C)c1Nc1ccc(N)c(C(=O)O)c1. The summed E-state index contributed by atoms with van der Waals surface area (Å²) in [5.74, 6) is -1.03. The van der Waals surface area contributed by atoms with Crippen LogP contribution < -0.4 is 11.1 Å². The molecule has 2 rings (SSSR count). The average molecular weight is 335 g/mol. The molecule has 20 heavy (non-hydrogen) atoms. The predicted octanol–water partition coefficient (Wildman–Crippen LogP) is 4.09. The van der Waals surface area contributed by atoms with E-state index in [-0.39, 0.29) is 11.3 Å². The van der Waals surface area contributed by atoms with Crippen LogP contribution in [-0.4, -0.2) is 11.1 Å². The van der Waals surface area contributed by atoms with E-state index in [1.54, 1.807) is 18.2 Å². The molecule has 0 saturated heterocycles. The van der Waals surface area contributed by atoms with Gasteiger partial charge in [-0.1, -0.05) is 15.9 Å². The van der Waals surface area contributed by atoms with Crippen molar-refractivity contribution in [2.75, 3.05) is 11.1 Å². The highest BCUT2D eigenvalue weighted by molar-refractivity contribution is 9.10. The number of carboxylic acids is 1. The van der Waals surface area contributed by atoms with Crippen molar-refractivity contribution in [1.82, 2.24) is 0 Å². The first-order chi connectivity index (χ1) is 9.38. The molecular weight excluding hydrogens is 320 g/mol. The number of anilines is 3. The van der Waals surface area contributed by atoms with E-state index in [1.165, 1.54) is 0 Å². The van der Waals surface area contributed by atoms with Crippen molar-refractivity contribution in [1.29, 1.82) is 0 Å². The summed E-state index contributed by atoms with van der Waals surface area (Å²) in [6, 6.07) is 8.91. The van der Waals surface area contributed by atoms with E-state index in [0.29, 0.717) is 5.69 Å². The summed E-state index contributed by atoms with van der Waals surface area (Å²) in [5.41, 5.74) is 9.82. The molecule has 0 atom stereocenters. The van der Waals surface area contributed by atoms with E-state index in [2.05, 4.69) is 21.2 Å². The van der Waals surface area contributed by atoms with Gasteiger partial charge in [0.05, 0.1) is 5.56 Å². The van der Waals surface area contributed by atoms with Crippen LogP contribution in [0.4, 0.5) is 17.1 Å². The molecule has 0 saturated carbocycles. The van der Waals surface area contributed by atoms with Crippen LogP contribution in [0.1, 0.15) is 21.5 Å². The summed E-state index contributed by atoms with van der Waals surface area (Å²) >= 11 is 3.45. The lowest BCUT2D eigenvalue weighted by Gasteiger charge is -2.14. The second kappa shape index (κ2) is 5.54. The van der Waals surface area contributed by atoms with Crippen molar-refractivity contribution in [3.63, 3.8) is 0 Å². The number of hydrogen-bond donors (Lipinski definition) is 3. The molecule has 4 nitrogen and oxygen atoms in total. The molecule has 0 aliphatic carbocycles. The zero-order chi connectivity index (χ0) is 14.9. The molecule has 0 fully saturated rings. The van der Waals surface area contributed by atoms with Crippen molar-refractivity contribution in [3.8, 4) is 0 Å². The van der Waals surface area contributed by atoms with Crippen LogP contribution in [0.3, 0.4) is 0 Å².